The average Bonchev–Trinajstić information content (AvgIpc) is 2.65. The van der Waals surface area contributed by atoms with Crippen LogP contribution in [0, 0.1) is 13.8 Å². The van der Waals surface area contributed by atoms with Crippen LogP contribution in [0.1, 0.15) is 32.0 Å². The molecule has 0 atom stereocenters. The van der Waals surface area contributed by atoms with Gasteiger partial charge in [0.25, 0.3) is 11.8 Å². The summed E-state index contributed by atoms with van der Waals surface area (Å²) in [5.74, 6) is -0.434. The van der Waals surface area contributed by atoms with Crippen LogP contribution in [-0.2, 0) is 4.74 Å². The molecule has 6 heteroatoms. The first-order valence-corrected chi connectivity index (χ1v) is 8.26. The van der Waals surface area contributed by atoms with Crippen LogP contribution in [0.3, 0.4) is 0 Å². The number of anilines is 1. The molecule has 2 aromatic rings. The van der Waals surface area contributed by atoms with E-state index >= 15 is 0 Å². The van der Waals surface area contributed by atoms with Gasteiger partial charge in [-0.1, -0.05) is 12.1 Å². The Labute approximate surface area is 146 Å². The van der Waals surface area contributed by atoms with E-state index in [1.165, 1.54) is 12.3 Å². The number of benzene rings is 1. The number of aryl methyl sites for hydroxylation is 2. The maximum atomic E-state index is 12.5. The number of morpholine rings is 1. The maximum Gasteiger partial charge on any atom is 0.272 e. The van der Waals surface area contributed by atoms with Crippen molar-refractivity contribution in [3.05, 3.63) is 58.9 Å². The minimum Gasteiger partial charge on any atom is -0.378 e. The van der Waals surface area contributed by atoms with E-state index in [-0.39, 0.29) is 17.5 Å². The van der Waals surface area contributed by atoms with Crippen molar-refractivity contribution in [1.82, 2.24) is 9.88 Å². The van der Waals surface area contributed by atoms with Crippen LogP contribution in [-0.4, -0.2) is 48.0 Å². The lowest BCUT2D eigenvalue weighted by molar-refractivity contribution is 0.0299. The number of hydrogen-bond acceptors (Lipinski definition) is 4. The van der Waals surface area contributed by atoms with Crippen LogP contribution < -0.4 is 5.32 Å². The Bertz CT molecular complexity index is 798. The van der Waals surface area contributed by atoms with Crippen molar-refractivity contribution < 1.29 is 14.3 Å². The topological polar surface area (TPSA) is 71.5 Å². The molecule has 0 saturated carbocycles. The van der Waals surface area contributed by atoms with Crippen LogP contribution >= 0.6 is 0 Å². The van der Waals surface area contributed by atoms with Crippen molar-refractivity contribution in [1.29, 1.82) is 0 Å². The zero-order valence-electron chi connectivity index (χ0n) is 14.4. The van der Waals surface area contributed by atoms with Crippen LogP contribution in [0.4, 0.5) is 5.69 Å². The van der Waals surface area contributed by atoms with Crippen molar-refractivity contribution in [2.75, 3.05) is 31.6 Å². The van der Waals surface area contributed by atoms with Crippen LogP contribution in [0.15, 0.2) is 36.5 Å². The highest BCUT2D eigenvalue weighted by Gasteiger charge is 2.20. The van der Waals surface area contributed by atoms with Crippen LogP contribution in [0.25, 0.3) is 0 Å². The molecule has 1 aromatic heterocycles. The fraction of sp³-hybridized carbons (Fsp3) is 0.316. The number of pyridine rings is 1. The molecular weight excluding hydrogens is 318 g/mol. The Hall–Kier alpha value is -2.73. The molecule has 25 heavy (non-hydrogen) atoms. The third-order valence-electron chi connectivity index (χ3n) is 4.18. The number of nitrogens with one attached hydrogen (secondary N) is 1. The zero-order valence-corrected chi connectivity index (χ0v) is 14.4. The highest BCUT2D eigenvalue weighted by molar-refractivity contribution is 6.06. The molecule has 2 heterocycles. The minimum atomic E-state index is -0.257. The Kier molecular flexibility index (Phi) is 5.09. The predicted octanol–water partition coefficient (Wildman–Crippen LogP) is 2.42. The van der Waals surface area contributed by atoms with Crippen LogP contribution in [0.5, 0.6) is 0 Å². The van der Waals surface area contributed by atoms with Gasteiger partial charge in [-0.25, -0.2) is 0 Å². The first kappa shape index (κ1) is 17.1. The van der Waals surface area contributed by atoms with Gasteiger partial charge in [-0.05, 0) is 43.2 Å². The normalized spacial score (nSPS) is 14.2. The highest BCUT2D eigenvalue weighted by atomic mass is 16.5. The molecule has 0 radical (unpaired) electrons. The third-order valence-corrected chi connectivity index (χ3v) is 4.18. The summed E-state index contributed by atoms with van der Waals surface area (Å²) in [5.41, 5.74) is 3.50. The van der Waals surface area contributed by atoms with Gasteiger partial charge < -0.3 is 15.0 Å². The quantitative estimate of drug-likeness (QED) is 0.932. The first-order valence-electron chi connectivity index (χ1n) is 8.26. The lowest BCUT2D eigenvalue weighted by Gasteiger charge is -2.26. The molecule has 6 nitrogen and oxygen atoms in total. The van der Waals surface area contributed by atoms with Crippen molar-refractivity contribution >= 4 is 17.5 Å². The van der Waals surface area contributed by atoms with Gasteiger partial charge in [-0.3, -0.25) is 14.6 Å². The number of hydrogen-bond donors (Lipinski definition) is 1. The van der Waals surface area contributed by atoms with Crippen molar-refractivity contribution in [2.24, 2.45) is 0 Å². The molecule has 1 aliphatic rings. The molecule has 0 unspecified atom stereocenters. The van der Waals surface area contributed by atoms with Crippen molar-refractivity contribution in [3.8, 4) is 0 Å². The van der Waals surface area contributed by atoms with Crippen molar-refractivity contribution in [2.45, 2.75) is 13.8 Å². The predicted molar refractivity (Wildman–Crippen MR) is 94.8 cm³/mol. The van der Waals surface area contributed by atoms with E-state index in [0.717, 1.165) is 16.8 Å². The second-order valence-corrected chi connectivity index (χ2v) is 6.11. The van der Waals surface area contributed by atoms with Gasteiger partial charge in [0.05, 0.1) is 13.2 Å². The molecule has 1 aromatic carbocycles. The Morgan fingerprint density at radius 2 is 1.88 bits per heavy atom. The number of carbonyl (C=O) groups is 2. The minimum absolute atomic E-state index is 0.176. The molecule has 3 rings (SSSR count). The monoisotopic (exact) mass is 339 g/mol. The molecule has 1 saturated heterocycles. The number of ether oxygens (including phenoxy) is 1. The van der Waals surface area contributed by atoms with E-state index in [1.54, 1.807) is 11.0 Å². The smallest absolute Gasteiger partial charge is 0.272 e. The van der Waals surface area contributed by atoms with Gasteiger partial charge in [-0.15, -0.1) is 0 Å². The summed E-state index contributed by atoms with van der Waals surface area (Å²) in [4.78, 5) is 30.9. The Balaban J connectivity index is 1.77. The molecule has 0 bridgehead atoms. The summed E-state index contributed by atoms with van der Waals surface area (Å²) >= 11 is 0. The Morgan fingerprint density at radius 3 is 2.64 bits per heavy atom. The summed E-state index contributed by atoms with van der Waals surface area (Å²) in [5, 5.41) is 2.90. The summed E-state index contributed by atoms with van der Waals surface area (Å²) in [7, 11) is 0. The van der Waals surface area contributed by atoms with Gasteiger partial charge in [0.15, 0.2) is 0 Å². The average molecular weight is 339 g/mol. The molecule has 1 N–H and O–H groups in total. The van der Waals surface area contributed by atoms with E-state index in [1.807, 2.05) is 32.0 Å². The molecular formula is C19H21N3O3. The molecule has 1 aliphatic heterocycles. The molecule has 2 amide bonds. The van der Waals surface area contributed by atoms with Gasteiger partial charge in [0.1, 0.15) is 5.69 Å². The molecule has 1 fully saturated rings. The van der Waals surface area contributed by atoms with Gasteiger partial charge in [0.2, 0.25) is 0 Å². The summed E-state index contributed by atoms with van der Waals surface area (Å²) in [6, 6.07) is 9.03. The molecule has 0 spiro atoms. The number of amides is 2. The fourth-order valence-corrected chi connectivity index (χ4v) is 2.68. The molecule has 130 valence electrons. The van der Waals surface area contributed by atoms with E-state index in [2.05, 4.69) is 10.3 Å². The zero-order chi connectivity index (χ0) is 17.8. The SMILES string of the molecule is Cc1ccc(C)c(NC(=O)c2ccnc(C(=O)N3CCOCC3)c2)c1. The van der Waals surface area contributed by atoms with Crippen LogP contribution in [0.2, 0.25) is 0 Å². The number of nitrogens with zero attached hydrogens (tertiary/aromatic N) is 2. The third kappa shape index (κ3) is 4.03. The summed E-state index contributed by atoms with van der Waals surface area (Å²) in [6.07, 6.45) is 1.49. The maximum absolute atomic E-state index is 12.5. The first-order chi connectivity index (χ1) is 12.0. The number of rotatable bonds is 3. The van der Waals surface area contributed by atoms with Gasteiger partial charge in [-0.2, -0.15) is 0 Å². The second kappa shape index (κ2) is 7.44. The van der Waals surface area contributed by atoms with E-state index in [9.17, 15) is 9.59 Å². The largest absolute Gasteiger partial charge is 0.378 e. The molecule has 0 aliphatic carbocycles. The van der Waals surface area contributed by atoms with Gasteiger partial charge >= 0.3 is 0 Å². The lowest BCUT2D eigenvalue weighted by atomic mass is 10.1. The number of aromatic nitrogens is 1. The van der Waals surface area contributed by atoms with Gasteiger partial charge in [0, 0.05) is 30.5 Å². The van der Waals surface area contributed by atoms with Crippen molar-refractivity contribution in [3.63, 3.8) is 0 Å². The number of carbonyl (C=O) groups excluding carboxylic acids is 2. The fourth-order valence-electron chi connectivity index (χ4n) is 2.68. The Morgan fingerprint density at radius 1 is 1.12 bits per heavy atom. The standard InChI is InChI=1S/C19H21N3O3/c1-13-3-4-14(2)16(11-13)21-18(23)15-5-6-20-17(12-15)19(24)22-7-9-25-10-8-22/h3-6,11-12H,7-10H2,1-2H3,(H,21,23). The van der Waals surface area contributed by atoms with E-state index in [4.69, 9.17) is 4.74 Å². The van der Waals surface area contributed by atoms with E-state index < -0.39 is 0 Å². The highest BCUT2D eigenvalue weighted by Crippen LogP contribution is 2.18. The summed E-state index contributed by atoms with van der Waals surface area (Å²) in [6.45, 7) is 6.05. The lowest BCUT2D eigenvalue weighted by Crippen LogP contribution is -2.41. The summed E-state index contributed by atoms with van der Waals surface area (Å²) < 4.78 is 5.26. The van der Waals surface area contributed by atoms with E-state index in [0.29, 0.717) is 31.9 Å². The second-order valence-electron chi connectivity index (χ2n) is 6.11.